The summed E-state index contributed by atoms with van der Waals surface area (Å²) >= 11 is 7.55. The van der Waals surface area contributed by atoms with Crippen LogP contribution in [-0.2, 0) is 0 Å². The van der Waals surface area contributed by atoms with Gasteiger partial charge in [-0.2, -0.15) is 0 Å². The number of carbonyl (C=O) groups is 1. The maximum atomic E-state index is 12.1. The third-order valence-corrected chi connectivity index (χ3v) is 3.89. The van der Waals surface area contributed by atoms with Gasteiger partial charge in [0.25, 0.3) is 5.91 Å². The molecule has 2 rings (SSSR count). The highest BCUT2D eigenvalue weighted by Crippen LogP contribution is 2.20. The van der Waals surface area contributed by atoms with Gasteiger partial charge in [0.15, 0.2) is 0 Å². The molecule has 0 bridgehead atoms. The first kappa shape index (κ1) is 13.8. The van der Waals surface area contributed by atoms with Crippen LogP contribution in [0.2, 0.25) is 5.02 Å². The molecule has 2 heterocycles. The molecule has 19 heavy (non-hydrogen) atoms. The van der Waals surface area contributed by atoms with E-state index >= 15 is 0 Å². The summed E-state index contributed by atoms with van der Waals surface area (Å²) in [5, 5.41) is 5.09. The fraction of sp³-hybridized carbons (Fsp3) is 0.167. The van der Waals surface area contributed by atoms with Gasteiger partial charge in [-0.05, 0) is 30.5 Å². The lowest BCUT2D eigenvalue weighted by Gasteiger charge is -2.13. The summed E-state index contributed by atoms with van der Waals surface area (Å²) in [6.45, 7) is 1.91. The molecule has 1 unspecified atom stereocenters. The lowest BCUT2D eigenvalue weighted by atomic mass is 10.2. The highest BCUT2D eigenvalue weighted by atomic mass is 35.5. The lowest BCUT2D eigenvalue weighted by Crippen LogP contribution is -2.27. The molecule has 0 radical (unpaired) electrons. The molecule has 5 nitrogen and oxygen atoms in total. The molecule has 0 aliphatic heterocycles. The van der Waals surface area contributed by atoms with Crippen molar-refractivity contribution in [2.45, 2.75) is 13.0 Å². The van der Waals surface area contributed by atoms with Gasteiger partial charge >= 0.3 is 0 Å². The van der Waals surface area contributed by atoms with E-state index in [0.717, 1.165) is 4.88 Å². The third kappa shape index (κ3) is 3.23. The highest BCUT2D eigenvalue weighted by molar-refractivity contribution is 7.10. The molecule has 2 aromatic rings. The van der Waals surface area contributed by atoms with Crippen LogP contribution in [0.15, 0.2) is 29.6 Å². The van der Waals surface area contributed by atoms with Gasteiger partial charge in [-0.1, -0.05) is 17.7 Å². The number of nitrogens with one attached hydrogen (secondary N) is 2. The molecule has 1 amide bonds. The predicted octanol–water partition coefficient (Wildman–Crippen LogP) is 2.57. The number of rotatable bonds is 4. The van der Waals surface area contributed by atoms with Crippen LogP contribution in [0.3, 0.4) is 0 Å². The van der Waals surface area contributed by atoms with Gasteiger partial charge in [0.1, 0.15) is 11.5 Å². The van der Waals surface area contributed by atoms with Gasteiger partial charge in [-0.3, -0.25) is 4.79 Å². The highest BCUT2D eigenvalue weighted by Gasteiger charge is 2.16. The first-order valence-corrected chi connectivity index (χ1v) is 6.85. The summed E-state index contributed by atoms with van der Waals surface area (Å²) in [5.74, 6) is 5.32. The third-order valence-electron chi connectivity index (χ3n) is 2.53. The van der Waals surface area contributed by atoms with Gasteiger partial charge in [-0.25, -0.2) is 10.8 Å². The van der Waals surface area contributed by atoms with Crippen LogP contribution in [0.4, 0.5) is 5.82 Å². The summed E-state index contributed by atoms with van der Waals surface area (Å²) in [6, 6.07) is 6.98. The normalized spacial score (nSPS) is 11.9. The van der Waals surface area contributed by atoms with Crippen LogP contribution in [0.1, 0.15) is 28.3 Å². The Morgan fingerprint density at radius 2 is 2.26 bits per heavy atom. The minimum absolute atomic E-state index is 0.0974. The molecule has 1 atom stereocenters. The summed E-state index contributed by atoms with van der Waals surface area (Å²) < 4.78 is 0. The van der Waals surface area contributed by atoms with Crippen molar-refractivity contribution in [2.24, 2.45) is 5.84 Å². The Morgan fingerprint density at radius 1 is 1.47 bits per heavy atom. The second-order valence-corrected chi connectivity index (χ2v) is 5.27. The summed E-state index contributed by atoms with van der Waals surface area (Å²) in [7, 11) is 0. The molecule has 0 fully saturated rings. The zero-order chi connectivity index (χ0) is 13.8. The number of halogens is 1. The van der Waals surface area contributed by atoms with E-state index in [-0.39, 0.29) is 22.7 Å². The number of nitrogens with zero attached hydrogens (tertiary/aromatic N) is 1. The topological polar surface area (TPSA) is 80.0 Å². The number of hydrogen-bond acceptors (Lipinski definition) is 5. The molecule has 0 saturated heterocycles. The second kappa shape index (κ2) is 6.01. The van der Waals surface area contributed by atoms with E-state index in [1.54, 1.807) is 23.5 Å². The number of nitrogen functional groups attached to an aromatic ring is 1. The zero-order valence-corrected chi connectivity index (χ0v) is 11.8. The van der Waals surface area contributed by atoms with E-state index in [9.17, 15) is 4.79 Å². The second-order valence-electron chi connectivity index (χ2n) is 3.88. The van der Waals surface area contributed by atoms with Crippen LogP contribution in [-0.4, -0.2) is 10.9 Å². The van der Waals surface area contributed by atoms with Crippen molar-refractivity contribution in [3.8, 4) is 0 Å². The summed E-state index contributed by atoms with van der Waals surface area (Å²) in [5.41, 5.74) is 2.54. The largest absolute Gasteiger partial charge is 0.343 e. The number of hydrazine groups is 1. The van der Waals surface area contributed by atoms with Gasteiger partial charge < -0.3 is 10.7 Å². The molecule has 0 aromatic carbocycles. The van der Waals surface area contributed by atoms with Crippen molar-refractivity contribution in [3.05, 3.63) is 45.2 Å². The van der Waals surface area contributed by atoms with Gasteiger partial charge in [-0.15, -0.1) is 11.3 Å². The fourth-order valence-corrected chi connectivity index (χ4v) is 2.48. The van der Waals surface area contributed by atoms with Gasteiger partial charge in [0.2, 0.25) is 0 Å². The Kier molecular flexibility index (Phi) is 4.36. The summed E-state index contributed by atoms with van der Waals surface area (Å²) in [6.07, 6.45) is 0. The van der Waals surface area contributed by atoms with E-state index in [0.29, 0.717) is 5.82 Å². The number of nitrogens with two attached hydrogens (primary N) is 1. The van der Waals surface area contributed by atoms with Crippen LogP contribution in [0, 0.1) is 0 Å². The zero-order valence-electron chi connectivity index (χ0n) is 10.2. The maximum absolute atomic E-state index is 12.1. The molecule has 0 saturated carbocycles. The molecule has 0 spiro atoms. The van der Waals surface area contributed by atoms with Crippen molar-refractivity contribution in [3.63, 3.8) is 0 Å². The van der Waals surface area contributed by atoms with Crippen molar-refractivity contribution < 1.29 is 4.79 Å². The first-order chi connectivity index (χ1) is 9.11. The molecule has 0 aliphatic carbocycles. The number of aromatic nitrogens is 1. The SMILES string of the molecule is CC(NC(=O)c1nc(NN)ccc1Cl)c1cccs1. The molecule has 0 aliphatic rings. The average molecular weight is 297 g/mol. The Morgan fingerprint density at radius 3 is 2.89 bits per heavy atom. The first-order valence-electron chi connectivity index (χ1n) is 5.59. The Bertz CT molecular complexity index is 573. The maximum Gasteiger partial charge on any atom is 0.272 e. The number of thiophene rings is 1. The number of hydrogen-bond donors (Lipinski definition) is 3. The average Bonchev–Trinajstić information content (AvgIpc) is 2.93. The minimum atomic E-state index is -0.331. The molecular weight excluding hydrogens is 284 g/mol. The molecule has 2 aromatic heterocycles. The number of anilines is 1. The Balaban J connectivity index is 2.16. The van der Waals surface area contributed by atoms with Crippen LogP contribution in [0.25, 0.3) is 0 Å². The monoisotopic (exact) mass is 296 g/mol. The Hall–Kier alpha value is -1.63. The van der Waals surface area contributed by atoms with E-state index in [1.807, 2.05) is 24.4 Å². The number of carbonyl (C=O) groups excluding carboxylic acids is 1. The lowest BCUT2D eigenvalue weighted by molar-refractivity contribution is 0.0936. The number of amides is 1. The molecule has 7 heteroatoms. The Labute approximate surface area is 119 Å². The smallest absolute Gasteiger partial charge is 0.272 e. The van der Waals surface area contributed by atoms with Crippen molar-refractivity contribution >= 4 is 34.7 Å². The molecule has 4 N–H and O–H groups in total. The van der Waals surface area contributed by atoms with E-state index in [4.69, 9.17) is 17.4 Å². The van der Waals surface area contributed by atoms with Crippen LogP contribution in [0.5, 0.6) is 0 Å². The quantitative estimate of drug-likeness (QED) is 0.598. The van der Waals surface area contributed by atoms with Crippen LogP contribution < -0.4 is 16.6 Å². The van der Waals surface area contributed by atoms with E-state index in [1.165, 1.54) is 0 Å². The van der Waals surface area contributed by atoms with Crippen LogP contribution >= 0.6 is 22.9 Å². The predicted molar refractivity (Wildman–Crippen MR) is 77.3 cm³/mol. The fourth-order valence-electron chi connectivity index (χ4n) is 1.56. The van der Waals surface area contributed by atoms with Gasteiger partial charge in [0.05, 0.1) is 11.1 Å². The van der Waals surface area contributed by atoms with E-state index in [2.05, 4.69) is 15.7 Å². The van der Waals surface area contributed by atoms with Gasteiger partial charge in [0, 0.05) is 4.88 Å². The van der Waals surface area contributed by atoms with E-state index < -0.39 is 0 Å². The number of pyridine rings is 1. The van der Waals surface area contributed by atoms with Crippen molar-refractivity contribution in [1.82, 2.24) is 10.3 Å². The van der Waals surface area contributed by atoms with Crippen molar-refractivity contribution in [1.29, 1.82) is 0 Å². The molecular formula is C12H13ClN4OS. The summed E-state index contributed by atoms with van der Waals surface area (Å²) in [4.78, 5) is 17.2. The molecule has 100 valence electrons. The standard InChI is InChI=1S/C12H13ClN4OS/c1-7(9-3-2-6-19-9)15-12(18)11-8(13)4-5-10(16-11)17-14/h2-7H,14H2,1H3,(H,15,18)(H,16,17). The van der Waals surface area contributed by atoms with Crippen molar-refractivity contribution in [2.75, 3.05) is 5.43 Å². The minimum Gasteiger partial charge on any atom is -0.343 e.